The average Bonchev–Trinajstić information content (AvgIpc) is 1.80. The number of carbonyl (C=O) groups excluding carboxylic acids is 1. The third kappa shape index (κ3) is 7.33. The van der Waals surface area contributed by atoms with Gasteiger partial charge in [-0.25, -0.2) is 0 Å². The number of rotatable bonds is 3. The summed E-state index contributed by atoms with van der Waals surface area (Å²) in [6.45, 7) is 0.256. The van der Waals surface area contributed by atoms with Gasteiger partial charge in [0.15, 0.2) is 0 Å². The lowest BCUT2D eigenvalue weighted by Crippen LogP contribution is -2.36. The number of nitrogens with one attached hydrogen (secondary N) is 1. The molecule has 0 bridgehead atoms. The van der Waals surface area contributed by atoms with Crippen molar-refractivity contribution in [3.63, 3.8) is 0 Å². The summed E-state index contributed by atoms with van der Waals surface area (Å²) in [5, 5.41) is 1.71. The minimum atomic E-state index is -4.35. The van der Waals surface area contributed by atoms with Gasteiger partial charge in [-0.15, -0.1) is 0 Å². The van der Waals surface area contributed by atoms with Crippen molar-refractivity contribution in [2.45, 2.75) is 25.6 Å². The van der Waals surface area contributed by atoms with Gasteiger partial charge in [0, 0.05) is 12.5 Å². The third-order valence-electron chi connectivity index (χ3n) is 0.993. The second-order valence-electron chi connectivity index (χ2n) is 2.57. The van der Waals surface area contributed by atoms with Crippen molar-refractivity contribution < 1.29 is 18.0 Å². The van der Waals surface area contributed by atoms with Crippen LogP contribution in [0, 0.1) is 0 Å². The molecule has 1 unspecified atom stereocenters. The van der Waals surface area contributed by atoms with E-state index in [0.717, 1.165) is 0 Å². The van der Waals surface area contributed by atoms with E-state index in [1.807, 2.05) is 0 Å². The van der Waals surface area contributed by atoms with Gasteiger partial charge in [0.2, 0.25) is 5.91 Å². The number of hydrogen-bond donors (Lipinski definition) is 2. The molecule has 0 radical (unpaired) electrons. The molecule has 0 aliphatic rings. The Balaban J connectivity index is 3.58. The minimum Gasteiger partial charge on any atom is -0.347 e. The molecule has 0 saturated carbocycles. The molecule has 6 heteroatoms. The van der Waals surface area contributed by atoms with Gasteiger partial charge < -0.3 is 11.1 Å². The number of hydrogen-bond acceptors (Lipinski definition) is 2. The van der Waals surface area contributed by atoms with Gasteiger partial charge in [-0.1, -0.05) is 0 Å². The Morgan fingerprint density at radius 1 is 1.58 bits per heavy atom. The second kappa shape index (κ2) is 4.30. The molecule has 72 valence electrons. The van der Waals surface area contributed by atoms with Gasteiger partial charge in [-0.2, -0.15) is 13.2 Å². The summed E-state index contributed by atoms with van der Waals surface area (Å²) in [6.07, 6.45) is -4.44. The minimum absolute atomic E-state index is 0.0872. The Morgan fingerprint density at radius 2 is 2.08 bits per heavy atom. The zero-order valence-corrected chi connectivity index (χ0v) is 6.61. The highest BCUT2D eigenvalue weighted by Gasteiger charge is 2.27. The van der Waals surface area contributed by atoms with E-state index in [2.05, 4.69) is 0 Å². The summed E-state index contributed by atoms with van der Waals surface area (Å²) in [5.74, 6) is -0.678. The molecule has 1 atom stereocenters. The summed E-state index contributed by atoms with van der Waals surface area (Å²) in [7, 11) is 0. The van der Waals surface area contributed by atoms with Crippen LogP contribution in [0.4, 0.5) is 13.2 Å². The van der Waals surface area contributed by atoms with Gasteiger partial charge in [0.1, 0.15) is 6.54 Å². The molecule has 0 heterocycles. The SMILES string of the molecule is CC(N)CC(=O)NCC(F)(F)F. The zero-order valence-electron chi connectivity index (χ0n) is 6.61. The largest absolute Gasteiger partial charge is 0.405 e. The van der Waals surface area contributed by atoms with E-state index in [1.165, 1.54) is 0 Å². The summed E-state index contributed by atoms with van der Waals surface area (Å²) >= 11 is 0. The first-order valence-electron chi connectivity index (χ1n) is 3.40. The molecule has 0 aliphatic carbocycles. The summed E-state index contributed by atoms with van der Waals surface area (Å²) in [4.78, 5) is 10.6. The molecule has 3 N–H and O–H groups in total. The van der Waals surface area contributed by atoms with Gasteiger partial charge >= 0.3 is 6.18 Å². The lowest BCUT2D eigenvalue weighted by atomic mass is 10.2. The van der Waals surface area contributed by atoms with Crippen LogP contribution in [0.25, 0.3) is 0 Å². The molecule has 0 aliphatic heterocycles. The van der Waals surface area contributed by atoms with E-state index >= 15 is 0 Å². The van der Waals surface area contributed by atoms with E-state index in [-0.39, 0.29) is 6.42 Å². The van der Waals surface area contributed by atoms with Gasteiger partial charge in [-0.05, 0) is 6.92 Å². The average molecular weight is 184 g/mol. The Labute approximate surface area is 68.1 Å². The maximum absolute atomic E-state index is 11.5. The molecule has 0 rings (SSSR count). The van der Waals surface area contributed by atoms with Crippen LogP contribution in [-0.4, -0.2) is 24.7 Å². The fourth-order valence-corrected chi connectivity index (χ4v) is 0.563. The van der Waals surface area contributed by atoms with Crippen LogP contribution < -0.4 is 11.1 Å². The van der Waals surface area contributed by atoms with Crippen LogP contribution >= 0.6 is 0 Å². The lowest BCUT2D eigenvalue weighted by Gasteiger charge is -2.09. The van der Waals surface area contributed by atoms with Gasteiger partial charge in [-0.3, -0.25) is 4.79 Å². The first-order chi connectivity index (χ1) is 5.31. The Hall–Kier alpha value is -0.780. The highest BCUT2D eigenvalue weighted by atomic mass is 19.4. The maximum Gasteiger partial charge on any atom is 0.405 e. The molecule has 3 nitrogen and oxygen atoms in total. The van der Waals surface area contributed by atoms with Crippen molar-refractivity contribution in [2.75, 3.05) is 6.54 Å². The molecule has 0 aromatic carbocycles. The Morgan fingerprint density at radius 3 is 2.42 bits per heavy atom. The Kier molecular flexibility index (Phi) is 4.02. The number of nitrogens with two attached hydrogens (primary N) is 1. The van der Waals surface area contributed by atoms with Crippen molar-refractivity contribution in [1.29, 1.82) is 0 Å². The molecule has 12 heavy (non-hydrogen) atoms. The molecule has 0 fully saturated rings. The third-order valence-corrected chi connectivity index (χ3v) is 0.993. The predicted octanol–water partition coefficient (Wildman–Crippen LogP) is 0.402. The summed E-state index contributed by atoms with van der Waals surface area (Å²) < 4.78 is 34.5. The van der Waals surface area contributed by atoms with E-state index in [9.17, 15) is 18.0 Å². The van der Waals surface area contributed by atoms with Crippen LogP contribution in [0.3, 0.4) is 0 Å². The van der Waals surface area contributed by atoms with Crippen molar-refractivity contribution >= 4 is 5.91 Å². The summed E-state index contributed by atoms with van der Waals surface area (Å²) in [5.41, 5.74) is 5.19. The van der Waals surface area contributed by atoms with E-state index < -0.39 is 24.7 Å². The topological polar surface area (TPSA) is 55.1 Å². The second-order valence-corrected chi connectivity index (χ2v) is 2.57. The molecule has 1 amide bonds. The molecule has 0 aromatic heterocycles. The first kappa shape index (κ1) is 11.2. The number of halogens is 3. The van der Waals surface area contributed by atoms with Crippen LogP contribution in [0.2, 0.25) is 0 Å². The van der Waals surface area contributed by atoms with Crippen molar-refractivity contribution in [1.82, 2.24) is 5.32 Å². The van der Waals surface area contributed by atoms with E-state index in [0.29, 0.717) is 0 Å². The number of amides is 1. The van der Waals surface area contributed by atoms with E-state index in [4.69, 9.17) is 5.73 Å². The smallest absolute Gasteiger partial charge is 0.347 e. The van der Waals surface area contributed by atoms with Crippen LogP contribution in [0.5, 0.6) is 0 Å². The highest BCUT2D eigenvalue weighted by Crippen LogP contribution is 2.12. The molecule has 0 saturated heterocycles. The molecule has 0 aromatic rings. The van der Waals surface area contributed by atoms with Crippen LogP contribution in [0.15, 0.2) is 0 Å². The molecular formula is C6H11F3N2O. The number of alkyl halides is 3. The highest BCUT2D eigenvalue weighted by molar-refractivity contribution is 5.76. The van der Waals surface area contributed by atoms with Crippen LogP contribution in [0.1, 0.15) is 13.3 Å². The lowest BCUT2D eigenvalue weighted by molar-refractivity contribution is -0.138. The Bertz CT molecular complexity index is 155. The summed E-state index contributed by atoms with van der Waals surface area (Å²) in [6, 6.07) is -0.418. The van der Waals surface area contributed by atoms with Gasteiger partial charge in [0.25, 0.3) is 0 Å². The molecular weight excluding hydrogens is 173 g/mol. The van der Waals surface area contributed by atoms with Gasteiger partial charge in [0.05, 0.1) is 0 Å². The predicted molar refractivity (Wildman–Crippen MR) is 37.3 cm³/mol. The van der Waals surface area contributed by atoms with E-state index in [1.54, 1.807) is 12.2 Å². The quantitative estimate of drug-likeness (QED) is 0.667. The monoisotopic (exact) mass is 184 g/mol. The molecule has 0 spiro atoms. The fourth-order valence-electron chi connectivity index (χ4n) is 0.563. The normalized spacial score (nSPS) is 14.1. The number of carbonyl (C=O) groups is 1. The van der Waals surface area contributed by atoms with Crippen LogP contribution in [-0.2, 0) is 4.79 Å². The zero-order chi connectivity index (χ0) is 9.78. The standard InChI is InChI=1S/C6H11F3N2O/c1-4(10)2-5(12)11-3-6(7,8)9/h4H,2-3,10H2,1H3,(H,11,12). The van der Waals surface area contributed by atoms with Crippen molar-refractivity contribution in [2.24, 2.45) is 5.73 Å². The van der Waals surface area contributed by atoms with Crippen molar-refractivity contribution in [3.05, 3.63) is 0 Å². The first-order valence-corrected chi connectivity index (χ1v) is 3.40. The van der Waals surface area contributed by atoms with Crippen molar-refractivity contribution in [3.8, 4) is 0 Å². The maximum atomic E-state index is 11.5. The fraction of sp³-hybridized carbons (Fsp3) is 0.833.